The fourth-order valence-electron chi connectivity index (χ4n) is 0.892. The number of furan rings is 1. The van der Waals surface area contributed by atoms with Crippen molar-refractivity contribution >= 4 is 18.0 Å². The van der Waals surface area contributed by atoms with Crippen molar-refractivity contribution in [1.82, 2.24) is 0 Å². The van der Waals surface area contributed by atoms with Gasteiger partial charge in [0.25, 0.3) is 0 Å². The van der Waals surface area contributed by atoms with Crippen LogP contribution in [0, 0.1) is 6.92 Å². The lowest BCUT2D eigenvalue weighted by molar-refractivity contribution is -0.104. The van der Waals surface area contributed by atoms with Crippen molar-refractivity contribution < 1.29 is 9.21 Å². The van der Waals surface area contributed by atoms with Gasteiger partial charge in [-0.05, 0) is 25.5 Å². The average molecular weight is 196 g/mol. The van der Waals surface area contributed by atoms with Crippen LogP contribution in [0.5, 0.6) is 0 Å². The van der Waals surface area contributed by atoms with Crippen LogP contribution in [0.2, 0.25) is 0 Å². The molecule has 1 rings (SSSR count). The van der Waals surface area contributed by atoms with Crippen LogP contribution in [0.3, 0.4) is 0 Å². The van der Waals surface area contributed by atoms with Crippen molar-refractivity contribution in [3.8, 4) is 0 Å². The number of hydrogen-bond donors (Lipinski definition) is 0. The Hall–Kier alpha value is -0.960. The molecular weight excluding hydrogens is 184 g/mol. The fourth-order valence-corrected chi connectivity index (χ4v) is 1.75. The predicted molar refractivity (Wildman–Crippen MR) is 54.0 cm³/mol. The average Bonchev–Trinajstić information content (AvgIpc) is 2.51. The molecule has 1 heterocycles. The van der Waals surface area contributed by atoms with Crippen molar-refractivity contribution in [3.63, 3.8) is 0 Å². The summed E-state index contributed by atoms with van der Waals surface area (Å²) in [6.45, 7) is 1.93. The summed E-state index contributed by atoms with van der Waals surface area (Å²) in [7, 11) is 0. The summed E-state index contributed by atoms with van der Waals surface area (Å²) in [4.78, 5) is 11.1. The van der Waals surface area contributed by atoms with Gasteiger partial charge in [-0.3, -0.25) is 4.79 Å². The van der Waals surface area contributed by atoms with E-state index in [1.54, 1.807) is 18.0 Å². The molecule has 0 unspecified atom stereocenters. The molecule has 0 bridgehead atoms. The van der Waals surface area contributed by atoms with Crippen LogP contribution in [0.25, 0.3) is 0 Å². The van der Waals surface area contributed by atoms with Crippen LogP contribution in [0.15, 0.2) is 33.8 Å². The maximum Gasteiger partial charge on any atom is 0.142 e. The molecule has 13 heavy (non-hydrogen) atoms. The minimum absolute atomic E-state index is 0.798. The van der Waals surface area contributed by atoms with Crippen molar-refractivity contribution in [3.05, 3.63) is 30.2 Å². The number of carbonyl (C=O) groups is 1. The first-order valence-electron chi connectivity index (χ1n) is 4.11. The lowest BCUT2D eigenvalue weighted by Gasteiger charge is -1.91. The van der Waals surface area contributed by atoms with Gasteiger partial charge in [0.2, 0.25) is 0 Å². The summed E-state index contributed by atoms with van der Waals surface area (Å²) in [5.74, 6) is 1.91. The highest BCUT2D eigenvalue weighted by Gasteiger charge is 1.96. The molecule has 1 aromatic rings. The number of allylic oxidation sites excluding steroid dienone is 2. The smallest absolute Gasteiger partial charge is 0.142 e. The second kappa shape index (κ2) is 5.65. The second-order valence-corrected chi connectivity index (χ2v) is 3.76. The van der Waals surface area contributed by atoms with E-state index in [9.17, 15) is 4.79 Å². The zero-order valence-electron chi connectivity index (χ0n) is 7.53. The molecule has 1 aromatic heterocycles. The first kappa shape index (κ1) is 10.1. The Bertz CT molecular complexity index is 289. The Kier molecular flexibility index (Phi) is 4.40. The molecule has 0 fully saturated rings. The number of hydrogen-bond acceptors (Lipinski definition) is 3. The zero-order chi connectivity index (χ0) is 9.52. The molecule has 0 aliphatic heterocycles. The van der Waals surface area contributed by atoms with Crippen LogP contribution in [0.1, 0.15) is 12.2 Å². The highest BCUT2D eigenvalue weighted by molar-refractivity contribution is 7.99. The molecule has 3 heteroatoms. The first-order chi connectivity index (χ1) is 6.33. The quantitative estimate of drug-likeness (QED) is 0.314. The molecule has 0 aliphatic rings. The zero-order valence-corrected chi connectivity index (χ0v) is 8.34. The maximum atomic E-state index is 9.93. The number of carbonyl (C=O) groups excluding carboxylic acids is 1. The summed E-state index contributed by atoms with van der Waals surface area (Å²) < 4.78 is 5.15. The SMILES string of the molecule is Cc1cc(SCC/C=C/C=O)co1. The van der Waals surface area contributed by atoms with Gasteiger partial charge < -0.3 is 4.42 Å². The molecule has 0 aromatic carbocycles. The molecule has 2 nitrogen and oxygen atoms in total. The van der Waals surface area contributed by atoms with Gasteiger partial charge in [0.05, 0.1) is 0 Å². The summed E-state index contributed by atoms with van der Waals surface area (Å²) in [5.41, 5.74) is 0. The standard InChI is InChI=1S/C10H12O2S/c1-9-7-10(8-12-9)13-6-4-2-3-5-11/h2-3,5,7-8H,4,6H2,1H3/b3-2+. The monoisotopic (exact) mass is 196 g/mol. The van der Waals surface area contributed by atoms with E-state index >= 15 is 0 Å². The molecule has 0 atom stereocenters. The normalized spacial score (nSPS) is 10.8. The Morgan fingerprint density at radius 3 is 3.08 bits per heavy atom. The summed E-state index contributed by atoms with van der Waals surface area (Å²) in [5, 5.41) is 0. The molecular formula is C10H12O2S. The minimum atomic E-state index is 0.798. The van der Waals surface area contributed by atoms with Crippen LogP contribution < -0.4 is 0 Å². The molecule has 0 saturated carbocycles. The highest BCUT2D eigenvalue weighted by Crippen LogP contribution is 2.20. The van der Waals surface area contributed by atoms with Gasteiger partial charge in [0.1, 0.15) is 18.3 Å². The second-order valence-electron chi connectivity index (χ2n) is 2.59. The van der Waals surface area contributed by atoms with Crippen LogP contribution in [-0.4, -0.2) is 12.0 Å². The van der Waals surface area contributed by atoms with E-state index in [4.69, 9.17) is 4.42 Å². The molecule has 0 aliphatic carbocycles. The van der Waals surface area contributed by atoms with E-state index in [2.05, 4.69) is 0 Å². The summed E-state index contributed by atoms with van der Waals surface area (Å²) in [6, 6.07) is 2.01. The van der Waals surface area contributed by atoms with Gasteiger partial charge in [-0.25, -0.2) is 0 Å². The minimum Gasteiger partial charge on any atom is -0.468 e. The molecule has 0 spiro atoms. The van der Waals surface area contributed by atoms with Crippen LogP contribution in [-0.2, 0) is 4.79 Å². The Morgan fingerprint density at radius 2 is 2.46 bits per heavy atom. The van der Waals surface area contributed by atoms with Crippen molar-refractivity contribution in [2.45, 2.75) is 18.2 Å². The number of aldehydes is 1. The summed E-state index contributed by atoms with van der Waals surface area (Å²) in [6.07, 6.45) is 6.86. The van der Waals surface area contributed by atoms with E-state index in [0.29, 0.717) is 0 Å². The Morgan fingerprint density at radius 1 is 1.62 bits per heavy atom. The third-order valence-electron chi connectivity index (χ3n) is 1.47. The summed E-state index contributed by atoms with van der Waals surface area (Å²) >= 11 is 1.73. The van der Waals surface area contributed by atoms with E-state index in [-0.39, 0.29) is 0 Å². The van der Waals surface area contributed by atoms with Crippen LogP contribution >= 0.6 is 11.8 Å². The van der Waals surface area contributed by atoms with Gasteiger partial charge in [-0.2, -0.15) is 0 Å². The maximum absolute atomic E-state index is 9.93. The van der Waals surface area contributed by atoms with E-state index in [1.807, 2.05) is 19.1 Å². The number of rotatable bonds is 5. The largest absolute Gasteiger partial charge is 0.468 e. The highest BCUT2D eigenvalue weighted by atomic mass is 32.2. The van der Waals surface area contributed by atoms with Crippen LogP contribution in [0.4, 0.5) is 0 Å². The first-order valence-corrected chi connectivity index (χ1v) is 5.09. The molecule has 0 N–H and O–H groups in total. The Balaban J connectivity index is 2.20. The predicted octanol–water partition coefficient (Wildman–Crippen LogP) is 2.83. The molecule has 0 saturated heterocycles. The third-order valence-corrected chi connectivity index (χ3v) is 2.46. The Labute approximate surface area is 82.0 Å². The van der Waals surface area contributed by atoms with Crippen molar-refractivity contribution in [2.24, 2.45) is 0 Å². The fraction of sp³-hybridized carbons (Fsp3) is 0.300. The number of aryl methyl sites for hydroxylation is 1. The lowest BCUT2D eigenvalue weighted by atomic mass is 10.4. The van der Waals surface area contributed by atoms with E-state index < -0.39 is 0 Å². The van der Waals surface area contributed by atoms with Gasteiger partial charge in [0.15, 0.2) is 0 Å². The van der Waals surface area contributed by atoms with Crippen molar-refractivity contribution in [1.29, 1.82) is 0 Å². The van der Waals surface area contributed by atoms with E-state index in [0.717, 1.165) is 29.1 Å². The van der Waals surface area contributed by atoms with Gasteiger partial charge in [-0.1, -0.05) is 6.08 Å². The van der Waals surface area contributed by atoms with Crippen molar-refractivity contribution in [2.75, 3.05) is 5.75 Å². The molecule has 0 radical (unpaired) electrons. The molecule has 0 amide bonds. The lowest BCUT2D eigenvalue weighted by Crippen LogP contribution is -1.74. The third kappa shape index (κ3) is 3.99. The van der Waals surface area contributed by atoms with Gasteiger partial charge in [-0.15, -0.1) is 11.8 Å². The number of thioether (sulfide) groups is 1. The van der Waals surface area contributed by atoms with E-state index in [1.165, 1.54) is 6.08 Å². The van der Waals surface area contributed by atoms with Gasteiger partial charge in [0, 0.05) is 10.6 Å². The van der Waals surface area contributed by atoms with Gasteiger partial charge >= 0.3 is 0 Å². The topological polar surface area (TPSA) is 30.2 Å². The molecule has 70 valence electrons.